The van der Waals surface area contributed by atoms with Crippen LogP contribution < -0.4 is 5.32 Å². The topological polar surface area (TPSA) is 24.9 Å². The van der Waals surface area contributed by atoms with Gasteiger partial charge in [-0.05, 0) is 32.4 Å². The first-order valence-electron chi connectivity index (χ1n) is 3.92. The summed E-state index contributed by atoms with van der Waals surface area (Å²) < 4.78 is 0. The molecule has 60 valence electrons. The van der Waals surface area contributed by atoms with Gasteiger partial charge >= 0.3 is 0 Å². The van der Waals surface area contributed by atoms with Gasteiger partial charge in [0.2, 0.25) is 0 Å². The van der Waals surface area contributed by atoms with Crippen LogP contribution in [0, 0.1) is 13.8 Å². The first-order valence-corrected chi connectivity index (χ1v) is 3.92. The van der Waals surface area contributed by atoms with Crippen LogP contribution in [0.15, 0.2) is 12.1 Å². The number of anilines is 1. The molecule has 0 fully saturated rings. The molecule has 0 aliphatic carbocycles. The zero-order chi connectivity index (χ0) is 8.27. The van der Waals surface area contributed by atoms with E-state index in [0.29, 0.717) is 0 Å². The Hall–Kier alpha value is -1.05. The fourth-order valence-corrected chi connectivity index (χ4v) is 0.910. The molecule has 0 amide bonds. The summed E-state index contributed by atoms with van der Waals surface area (Å²) in [5.74, 6) is 0.968. The molecule has 1 aromatic heterocycles. The van der Waals surface area contributed by atoms with Crippen LogP contribution in [0.2, 0.25) is 0 Å². The quantitative estimate of drug-likeness (QED) is 0.698. The van der Waals surface area contributed by atoms with Crippen LogP contribution in [0.25, 0.3) is 0 Å². The Morgan fingerprint density at radius 2 is 2.09 bits per heavy atom. The van der Waals surface area contributed by atoms with E-state index in [9.17, 15) is 0 Å². The van der Waals surface area contributed by atoms with E-state index in [2.05, 4.69) is 30.2 Å². The van der Waals surface area contributed by atoms with E-state index in [4.69, 9.17) is 0 Å². The molecule has 0 radical (unpaired) electrons. The van der Waals surface area contributed by atoms with Crippen LogP contribution in [0.5, 0.6) is 0 Å². The van der Waals surface area contributed by atoms with Gasteiger partial charge in [-0.1, -0.05) is 6.07 Å². The molecule has 0 aliphatic rings. The van der Waals surface area contributed by atoms with E-state index < -0.39 is 0 Å². The van der Waals surface area contributed by atoms with Crippen LogP contribution in [0.1, 0.15) is 18.2 Å². The molecule has 0 unspecified atom stereocenters. The molecule has 2 nitrogen and oxygen atoms in total. The third-order valence-electron chi connectivity index (χ3n) is 1.71. The highest BCUT2D eigenvalue weighted by Gasteiger charge is 1.94. The Bertz CT molecular complexity index is 243. The van der Waals surface area contributed by atoms with Gasteiger partial charge in [0, 0.05) is 12.2 Å². The van der Waals surface area contributed by atoms with Gasteiger partial charge in [-0.3, -0.25) is 0 Å². The van der Waals surface area contributed by atoms with E-state index in [1.807, 2.05) is 13.0 Å². The number of aryl methyl sites for hydroxylation is 2. The first-order chi connectivity index (χ1) is 5.24. The molecule has 11 heavy (non-hydrogen) atoms. The van der Waals surface area contributed by atoms with Crippen LogP contribution in [-0.2, 0) is 0 Å². The number of hydrogen-bond donors (Lipinski definition) is 1. The highest BCUT2D eigenvalue weighted by molar-refractivity contribution is 5.37. The number of hydrogen-bond acceptors (Lipinski definition) is 2. The number of aromatic nitrogens is 1. The molecule has 1 N–H and O–H groups in total. The molecule has 1 aromatic rings. The summed E-state index contributed by atoms with van der Waals surface area (Å²) in [5.41, 5.74) is 2.34. The molecule has 2 heteroatoms. The smallest absolute Gasteiger partial charge is 0.126 e. The zero-order valence-electron chi connectivity index (χ0n) is 7.31. The fraction of sp³-hybridized carbons (Fsp3) is 0.444. The van der Waals surface area contributed by atoms with Crippen molar-refractivity contribution >= 4 is 5.82 Å². The van der Waals surface area contributed by atoms with Crippen LogP contribution in [0.3, 0.4) is 0 Å². The SMILES string of the molecule is CCNc1ccc(C)c(C)n1. The van der Waals surface area contributed by atoms with Crippen LogP contribution in [-0.4, -0.2) is 11.5 Å². The summed E-state index contributed by atoms with van der Waals surface area (Å²) in [6, 6.07) is 4.09. The van der Waals surface area contributed by atoms with Gasteiger partial charge in [-0.15, -0.1) is 0 Å². The minimum absolute atomic E-state index is 0.926. The van der Waals surface area contributed by atoms with Crippen molar-refractivity contribution < 1.29 is 0 Å². The van der Waals surface area contributed by atoms with Gasteiger partial charge in [0.15, 0.2) is 0 Å². The molecule has 1 heterocycles. The predicted octanol–water partition coefficient (Wildman–Crippen LogP) is 2.13. The molecule has 0 aromatic carbocycles. The average Bonchev–Trinajstić information content (AvgIpc) is 1.98. The van der Waals surface area contributed by atoms with E-state index in [-0.39, 0.29) is 0 Å². The lowest BCUT2D eigenvalue weighted by Crippen LogP contribution is -2.00. The van der Waals surface area contributed by atoms with Gasteiger partial charge < -0.3 is 5.32 Å². The van der Waals surface area contributed by atoms with E-state index >= 15 is 0 Å². The Kier molecular flexibility index (Phi) is 2.47. The molecular formula is C9H14N2. The number of nitrogens with one attached hydrogen (secondary N) is 1. The predicted molar refractivity (Wildman–Crippen MR) is 47.9 cm³/mol. The summed E-state index contributed by atoms with van der Waals surface area (Å²) in [7, 11) is 0. The van der Waals surface area contributed by atoms with Crippen molar-refractivity contribution in [2.45, 2.75) is 20.8 Å². The molecule has 0 atom stereocenters. The molecule has 1 rings (SSSR count). The molecule has 0 saturated heterocycles. The molecule has 0 spiro atoms. The van der Waals surface area contributed by atoms with Gasteiger partial charge in [-0.25, -0.2) is 4.98 Å². The van der Waals surface area contributed by atoms with Crippen molar-refractivity contribution in [2.75, 3.05) is 11.9 Å². The van der Waals surface area contributed by atoms with Crippen molar-refractivity contribution in [1.82, 2.24) is 4.98 Å². The van der Waals surface area contributed by atoms with E-state index in [1.54, 1.807) is 0 Å². The highest BCUT2D eigenvalue weighted by Crippen LogP contribution is 2.08. The molecule has 0 aliphatic heterocycles. The lowest BCUT2D eigenvalue weighted by atomic mass is 10.2. The third kappa shape index (κ3) is 1.93. The molecule has 0 saturated carbocycles. The second kappa shape index (κ2) is 3.37. The maximum atomic E-state index is 4.35. The monoisotopic (exact) mass is 150 g/mol. The minimum Gasteiger partial charge on any atom is -0.370 e. The Balaban J connectivity index is 2.86. The summed E-state index contributed by atoms with van der Waals surface area (Å²) in [6.07, 6.45) is 0. The van der Waals surface area contributed by atoms with Gasteiger partial charge in [0.1, 0.15) is 5.82 Å². The van der Waals surface area contributed by atoms with Crippen LogP contribution >= 0.6 is 0 Å². The van der Waals surface area contributed by atoms with Crippen molar-refractivity contribution in [1.29, 1.82) is 0 Å². The van der Waals surface area contributed by atoms with Crippen molar-refractivity contribution in [2.24, 2.45) is 0 Å². The minimum atomic E-state index is 0.926. The number of pyridine rings is 1. The lowest BCUT2D eigenvalue weighted by Gasteiger charge is -2.04. The third-order valence-corrected chi connectivity index (χ3v) is 1.71. The summed E-state index contributed by atoms with van der Waals surface area (Å²) in [4.78, 5) is 4.35. The summed E-state index contributed by atoms with van der Waals surface area (Å²) in [5, 5.41) is 3.16. The normalized spacial score (nSPS) is 9.73. The maximum absolute atomic E-state index is 4.35. The fourth-order valence-electron chi connectivity index (χ4n) is 0.910. The zero-order valence-corrected chi connectivity index (χ0v) is 7.31. The van der Waals surface area contributed by atoms with E-state index in [0.717, 1.165) is 18.1 Å². The van der Waals surface area contributed by atoms with Gasteiger partial charge in [0.05, 0.1) is 0 Å². The number of nitrogens with zero attached hydrogens (tertiary/aromatic N) is 1. The standard InChI is InChI=1S/C9H14N2/c1-4-10-9-6-5-7(2)8(3)11-9/h5-6H,4H2,1-3H3,(H,10,11). The molecular weight excluding hydrogens is 136 g/mol. The molecule has 0 bridgehead atoms. The van der Waals surface area contributed by atoms with Crippen molar-refractivity contribution in [3.05, 3.63) is 23.4 Å². The van der Waals surface area contributed by atoms with Gasteiger partial charge in [-0.2, -0.15) is 0 Å². The summed E-state index contributed by atoms with van der Waals surface area (Å²) in [6.45, 7) is 7.08. The van der Waals surface area contributed by atoms with E-state index in [1.165, 1.54) is 5.56 Å². The second-order valence-electron chi connectivity index (χ2n) is 2.63. The Morgan fingerprint density at radius 3 is 2.64 bits per heavy atom. The van der Waals surface area contributed by atoms with Gasteiger partial charge in [0.25, 0.3) is 0 Å². The Morgan fingerprint density at radius 1 is 1.36 bits per heavy atom. The lowest BCUT2D eigenvalue weighted by molar-refractivity contribution is 1.10. The Labute approximate surface area is 67.7 Å². The van der Waals surface area contributed by atoms with Crippen molar-refractivity contribution in [3.8, 4) is 0 Å². The van der Waals surface area contributed by atoms with Crippen LogP contribution in [0.4, 0.5) is 5.82 Å². The maximum Gasteiger partial charge on any atom is 0.126 e. The first kappa shape index (κ1) is 8.05. The second-order valence-corrected chi connectivity index (χ2v) is 2.63. The summed E-state index contributed by atoms with van der Waals surface area (Å²) >= 11 is 0. The highest BCUT2D eigenvalue weighted by atomic mass is 15.0. The number of rotatable bonds is 2. The largest absolute Gasteiger partial charge is 0.370 e. The van der Waals surface area contributed by atoms with Crippen molar-refractivity contribution in [3.63, 3.8) is 0 Å². The average molecular weight is 150 g/mol.